The van der Waals surface area contributed by atoms with Crippen LogP contribution in [-0.2, 0) is 0 Å². The third-order valence-electron chi connectivity index (χ3n) is 13.6. The van der Waals surface area contributed by atoms with Gasteiger partial charge in [-0.05, 0) is 99.6 Å². The van der Waals surface area contributed by atoms with Crippen LogP contribution >= 0.6 is 0 Å². The fraction of sp³-hybridized carbons (Fsp3) is 0. The zero-order valence-electron chi connectivity index (χ0n) is 37.7. The third-order valence-corrected chi connectivity index (χ3v) is 13.6. The van der Waals surface area contributed by atoms with E-state index in [2.05, 4.69) is 264 Å². The molecule has 3 nitrogen and oxygen atoms in total. The summed E-state index contributed by atoms with van der Waals surface area (Å²) in [6.07, 6.45) is 0. The number of nitrogens with zero attached hydrogens (tertiary/aromatic N) is 2. The van der Waals surface area contributed by atoms with Gasteiger partial charge >= 0.3 is 0 Å². The van der Waals surface area contributed by atoms with Crippen LogP contribution in [0.25, 0.3) is 105 Å². The molecular formula is C66H44N2O. The van der Waals surface area contributed by atoms with Crippen LogP contribution in [0.1, 0.15) is 0 Å². The average Bonchev–Trinajstić information content (AvgIpc) is 3.98. The van der Waals surface area contributed by atoms with Crippen molar-refractivity contribution in [3.8, 4) is 61.3 Å². The van der Waals surface area contributed by atoms with Crippen LogP contribution in [0.3, 0.4) is 0 Å². The molecule has 0 bridgehead atoms. The Morgan fingerprint density at radius 3 is 1.57 bits per heavy atom. The van der Waals surface area contributed by atoms with Crippen LogP contribution in [0, 0.1) is 0 Å². The van der Waals surface area contributed by atoms with Crippen molar-refractivity contribution in [1.82, 2.24) is 4.57 Å². The summed E-state index contributed by atoms with van der Waals surface area (Å²) in [5, 5.41) is 4.75. The van der Waals surface area contributed by atoms with Gasteiger partial charge in [-0.25, -0.2) is 0 Å². The molecule has 0 saturated carbocycles. The van der Waals surface area contributed by atoms with Crippen LogP contribution in [0.15, 0.2) is 271 Å². The molecule has 69 heavy (non-hydrogen) atoms. The Morgan fingerprint density at radius 1 is 0.290 bits per heavy atom. The number of para-hydroxylation sites is 6. The van der Waals surface area contributed by atoms with Crippen molar-refractivity contribution in [3.63, 3.8) is 0 Å². The van der Waals surface area contributed by atoms with Crippen molar-refractivity contribution in [2.24, 2.45) is 0 Å². The maximum atomic E-state index is 6.50. The molecular weight excluding hydrogens is 837 g/mol. The van der Waals surface area contributed by atoms with E-state index >= 15 is 0 Å². The molecule has 0 unspecified atom stereocenters. The summed E-state index contributed by atoms with van der Waals surface area (Å²) in [6, 6.07) is 96.1. The summed E-state index contributed by atoms with van der Waals surface area (Å²) >= 11 is 0. The van der Waals surface area contributed by atoms with E-state index in [9.17, 15) is 0 Å². The highest BCUT2D eigenvalue weighted by atomic mass is 16.3. The van der Waals surface area contributed by atoms with Gasteiger partial charge in [0.15, 0.2) is 0 Å². The molecule has 13 aromatic rings. The van der Waals surface area contributed by atoms with Gasteiger partial charge in [0.2, 0.25) is 0 Å². The number of furan rings is 1. The van der Waals surface area contributed by atoms with E-state index in [1.165, 1.54) is 38.5 Å². The summed E-state index contributed by atoms with van der Waals surface area (Å²) < 4.78 is 8.92. The Morgan fingerprint density at radius 2 is 0.797 bits per heavy atom. The quantitative estimate of drug-likeness (QED) is 0.144. The summed E-state index contributed by atoms with van der Waals surface area (Å²) in [5.41, 5.74) is 20.0. The third kappa shape index (κ3) is 7.08. The summed E-state index contributed by atoms with van der Waals surface area (Å²) in [5.74, 6) is 0. The molecule has 11 aromatic carbocycles. The van der Waals surface area contributed by atoms with E-state index in [4.69, 9.17) is 4.42 Å². The highest BCUT2D eigenvalue weighted by Crippen LogP contribution is 2.45. The fourth-order valence-corrected chi connectivity index (χ4v) is 10.4. The largest absolute Gasteiger partial charge is 0.455 e. The molecule has 2 heterocycles. The lowest BCUT2D eigenvalue weighted by Crippen LogP contribution is -2.11. The second-order valence-corrected chi connectivity index (χ2v) is 17.6. The fourth-order valence-electron chi connectivity index (χ4n) is 10.4. The zero-order valence-corrected chi connectivity index (χ0v) is 37.7. The Labute approximate surface area is 401 Å². The molecule has 3 heteroatoms. The molecule has 0 radical (unpaired) electrons. The number of anilines is 3. The summed E-state index contributed by atoms with van der Waals surface area (Å²) in [7, 11) is 0. The standard InChI is InChI=1S/C66H44N2O/c1-2-17-45(18-3-1)46-35-37-47(38-36-46)49-19-15-22-53(44-49)67(52-41-39-48(40-42-52)56-28-16-29-60-59-27-8-13-34-65(59)69-66(56)60)61-30-9-4-23-54(61)50-20-14-21-51(43-50)55-24-5-10-31-62(55)68-63-32-11-6-25-57(63)58-26-7-12-33-64(58)68/h1-44H. The summed E-state index contributed by atoms with van der Waals surface area (Å²) in [6.45, 7) is 0. The van der Waals surface area contributed by atoms with Gasteiger partial charge in [0.05, 0.1) is 22.4 Å². The first-order valence-corrected chi connectivity index (χ1v) is 23.6. The lowest BCUT2D eigenvalue weighted by atomic mass is 9.95. The Kier molecular flexibility index (Phi) is 9.84. The molecule has 0 saturated heterocycles. The Hall–Kier alpha value is -9.18. The van der Waals surface area contributed by atoms with Crippen molar-refractivity contribution in [2.45, 2.75) is 0 Å². The highest BCUT2D eigenvalue weighted by molar-refractivity contribution is 6.11. The van der Waals surface area contributed by atoms with E-state index in [0.717, 1.165) is 83.6 Å². The molecule has 0 aliphatic carbocycles. The number of hydrogen-bond acceptors (Lipinski definition) is 2. The lowest BCUT2D eigenvalue weighted by molar-refractivity contribution is 0.670. The molecule has 0 spiro atoms. The molecule has 0 atom stereocenters. The van der Waals surface area contributed by atoms with E-state index in [1.54, 1.807) is 0 Å². The minimum atomic E-state index is 0.896. The zero-order chi connectivity index (χ0) is 45.7. The first-order valence-electron chi connectivity index (χ1n) is 23.6. The molecule has 0 amide bonds. The second-order valence-electron chi connectivity index (χ2n) is 17.6. The SMILES string of the molecule is c1ccc(-c2ccc(-c3cccc(N(c4ccc(-c5cccc6c5oc5ccccc56)cc4)c4ccccc4-c4cccc(-c5ccccc5-n5c6ccccc6c6ccccc65)c4)c3)cc2)cc1. The molecule has 0 aliphatic heterocycles. The Balaban J connectivity index is 0.941. The smallest absolute Gasteiger partial charge is 0.143 e. The van der Waals surface area contributed by atoms with Crippen molar-refractivity contribution in [2.75, 3.05) is 4.90 Å². The van der Waals surface area contributed by atoms with Gasteiger partial charge in [-0.15, -0.1) is 0 Å². The van der Waals surface area contributed by atoms with Crippen molar-refractivity contribution >= 4 is 60.8 Å². The molecule has 2 aromatic heterocycles. The predicted octanol–water partition coefficient (Wildman–Crippen LogP) is 18.5. The van der Waals surface area contributed by atoms with Crippen LogP contribution in [-0.4, -0.2) is 4.57 Å². The maximum absolute atomic E-state index is 6.50. The minimum Gasteiger partial charge on any atom is -0.455 e. The van der Waals surface area contributed by atoms with Crippen LogP contribution in [0.4, 0.5) is 17.1 Å². The maximum Gasteiger partial charge on any atom is 0.143 e. The van der Waals surface area contributed by atoms with Crippen LogP contribution < -0.4 is 4.90 Å². The number of rotatable bonds is 9. The first kappa shape index (κ1) is 40.1. The lowest BCUT2D eigenvalue weighted by Gasteiger charge is -2.28. The Bertz CT molecular complexity index is 3960. The average molecular weight is 881 g/mol. The molecule has 324 valence electrons. The number of fused-ring (bicyclic) bond motifs is 6. The van der Waals surface area contributed by atoms with Crippen molar-refractivity contribution in [3.05, 3.63) is 267 Å². The van der Waals surface area contributed by atoms with Gasteiger partial charge in [0.1, 0.15) is 11.2 Å². The number of benzene rings is 11. The minimum absolute atomic E-state index is 0.896. The van der Waals surface area contributed by atoms with Crippen LogP contribution in [0.5, 0.6) is 0 Å². The second kappa shape index (κ2) is 16.9. The van der Waals surface area contributed by atoms with E-state index in [0.29, 0.717) is 0 Å². The van der Waals surface area contributed by atoms with E-state index in [-0.39, 0.29) is 0 Å². The normalized spacial score (nSPS) is 11.5. The summed E-state index contributed by atoms with van der Waals surface area (Å²) in [4.78, 5) is 2.40. The van der Waals surface area contributed by atoms with Crippen molar-refractivity contribution in [1.29, 1.82) is 0 Å². The monoisotopic (exact) mass is 880 g/mol. The van der Waals surface area contributed by atoms with Gasteiger partial charge in [0.25, 0.3) is 0 Å². The molecule has 0 fully saturated rings. The van der Waals surface area contributed by atoms with Gasteiger partial charge in [-0.3, -0.25) is 0 Å². The van der Waals surface area contributed by atoms with Crippen molar-refractivity contribution < 1.29 is 4.42 Å². The van der Waals surface area contributed by atoms with Gasteiger partial charge < -0.3 is 13.9 Å². The van der Waals surface area contributed by atoms with Gasteiger partial charge in [-0.1, -0.05) is 206 Å². The topological polar surface area (TPSA) is 21.3 Å². The number of aromatic nitrogens is 1. The predicted molar refractivity (Wildman–Crippen MR) is 290 cm³/mol. The van der Waals surface area contributed by atoms with E-state index < -0.39 is 0 Å². The van der Waals surface area contributed by atoms with Gasteiger partial charge in [-0.2, -0.15) is 0 Å². The van der Waals surface area contributed by atoms with Crippen LogP contribution in [0.2, 0.25) is 0 Å². The molecule has 13 rings (SSSR count). The molecule has 0 N–H and O–H groups in total. The van der Waals surface area contributed by atoms with E-state index in [1.807, 2.05) is 12.1 Å². The van der Waals surface area contributed by atoms with Gasteiger partial charge in [0, 0.05) is 49.6 Å². The molecule has 0 aliphatic rings. The number of hydrogen-bond donors (Lipinski definition) is 0. The first-order chi connectivity index (χ1) is 34.2. The highest BCUT2D eigenvalue weighted by Gasteiger charge is 2.21.